The van der Waals surface area contributed by atoms with Crippen molar-refractivity contribution in [2.24, 2.45) is 0 Å². The monoisotopic (exact) mass is 950 g/mol. The number of benzene rings is 3. The molecule has 370 valence electrons. The predicted octanol–water partition coefficient (Wildman–Crippen LogP) is 8.12. The lowest BCUT2D eigenvalue weighted by molar-refractivity contribution is -0.152. The van der Waals surface area contributed by atoms with Gasteiger partial charge in [-0.15, -0.1) is 0 Å². The molecule has 3 aromatic rings. The van der Waals surface area contributed by atoms with Crippen LogP contribution in [0.25, 0.3) is 0 Å². The first-order chi connectivity index (χ1) is 32.6. The Balaban J connectivity index is 0.000000557. The smallest absolute Gasteiger partial charge is 0.341 e. The number of esters is 8. The Morgan fingerprint density at radius 1 is 0.426 bits per heavy atom. The second kappa shape index (κ2) is 33.4. The van der Waals surface area contributed by atoms with Gasteiger partial charge >= 0.3 is 53.7 Å². The van der Waals surface area contributed by atoms with Gasteiger partial charge in [0, 0.05) is 40.0 Å². The van der Waals surface area contributed by atoms with Crippen LogP contribution >= 0.6 is 0 Å². The Hall–Kier alpha value is -7.11. The number of ether oxygens (including phenoxy) is 8. The average Bonchev–Trinajstić information content (AvgIpc) is 3.29. The summed E-state index contributed by atoms with van der Waals surface area (Å²) in [4.78, 5) is 104. The van der Waals surface area contributed by atoms with Gasteiger partial charge in [0.15, 0.2) is 0 Å². The van der Waals surface area contributed by atoms with Crippen molar-refractivity contribution in [1.29, 1.82) is 0 Å². The van der Waals surface area contributed by atoms with Gasteiger partial charge in [-0.1, -0.05) is 49.7 Å². The highest BCUT2D eigenvalue weighted by Gasteiger charge is 2.18. The Morgan fingerprint density at radius 3 is 1.26 bits per heavy atom. The molecule has 0 saturated carbocycles. The fraction of sp³-hybridized carbons (Fsp3) is 0.460. The molecule has 0 aliphatic heterocycles. The largest absolute Gasteiger partial charge is 0.478 e. The summed E-state index contributed by atoms with van der Waals surface area (Å²) in [5.74, 6) is -4.60. The molecule has 0 aliphatic carbocycles. The Morgan fingerprint density at radius 2 is 0.838 bits per heavy atom. The summed E-state index contributed by atoms with van der Waals surface area (Å²) >= 11 is 0. The maximum atomic E-state index is 12.2. The van der Waals surface area contributed by atoms with Crippen molar-refractivity contribution in [1.82, 2.24) is 0 Å². The Kier molecular flexibility index (Phi) is 28.0. The van der Waals surface area contributed by atoms with Crippen LogP contribution in [0.5, 0.6) is 17.2 Å². The third-order valence-corrected chi connectivity index (χ3v) is 9.21. The van der Waals surface area contributed by atoms with Crippen LogP contribution < -0.4 is 14.2 Å². The molecule has 3 rings (SSSR count). The number of hydrogen-bond acceptors (Lipinski definition) is 17. The number of unbranched alkanes of at least 4 members (excludes halogenated alkanes) is 6. The highest BCUT2D eigenvalue weighted by atomic mass is 16.6. The van der Waals surface area contributed by atoms with Crippen molar-refractivity contribution in [3.05, 3.63) is 89.0 Å². The number of carbonyl (C=O) groups excluding carboxylic acids is 8. The van der Waals surface area contributed by atoms with Crippen LogP contribution in [0.2, 0.25) is 0 Å². The summed E-state index contributed by atoms with van der Waals surface area (Å²) in [6, 6.07) is 17.4. The highest BCUT2D eigenvalue weighted by molar-refractivity contribution is 5.94. The van der Waals surface area contributed by atoms with E-state index >= 15 is 0 Å². The van der Waals surface area contributed by atoms with E-state index in [1.165, 1.54) is 51.1 Å². The van der Waals surface area contributed by atoms with E-state index in [9.17, 15) is 48.3 Å². The van der Waals surface area contributed by atoms with Crippen molar-refractivity contribution >= 4 is 53.7 Å². The summed E-state index contributed by atoms with van der Waals surface area (Å²) < 4.78 is 40.7. The molecular formula is C50H62O18. The molecule has 0 unspecified atom stereocenters. The highest BCUT2D eigenvalue weighted by Crippen LogP contribution is 2.27. The summed E-state index contributed by atoms with van der Waals surface area (Å²) in [5, 5.41) is 9.20. The summed E-state index contributed by atoms with van der Waals surface area (Å²) in [6.07, 6.45) is 7.81. The van der Waals surface area contributed by atoms with E-state index < -0.39 is 47.8 Å². The molecule has 18 nitrogen and oxygen atoms in total. The molecule has 0 amide bonds. The number of hydrogen-bond donors (Lipinski definition) is 1. The first-order valence-corrected chi connectivity index (χ1v) is 22.5. The van der Waals surface area contributed by atoms with Gasteiger partial charge in [0.05, 0.1) is 19.8 Å². The number of aryl methyl sites for hydroxylation is 1. The van der Waals surface area contributed by atoms with Gasteiger partial charge in [-0.3, -0.25) is 28.8 Å². The summed E-state index contributed by atoms with van der Waals surface area (Å²) in [7, 11) is 0. The van der Waals surface area contributed by atoms with E-state index in [0.29, 0.717) is 70.0 Å². The molecule has 0 aromatic heterocycles. The van der Waals surface area contributed by atoms with E-state index in [2.05, 4.69) is 0 Å². The van der Waals surface area contributed by atoms with Gasteiger partial charge in [-0.05, 0) is 100 Å². The number of aromatic carboxylic acids is 1. The van der Waals surface area contributed by atoms with E-state index in [4.69, 9.17) is 37.9 Å². The van der Waals surface area contributed by atoms with Crippen LogP contribution in [0, 0.1) is 0 Å². The molecule has 0 aliphatic rings. The second-order valence-corrected chi connectivity index (χ2v) is 15.0. The van der Waals surface area contributed by atoms with Gasteiger partial charge in [-0.25, -0.2) is 14.4 Å². The van der Waals surface area contributed by atoms with E-state index in [1.54, 1.807) is 36.4 Å². The molecule has 68 heavy (non-hydrogen) atoms. The normalized spacial score (nSPS) is 10.3. The zero-order valence-electron chi connectivity index (χ0n) is 39.2. The van der Waals surface area contributed by atoms with Crippen molar-refractivity contribution in [3.63, 3.8) is 0 Å². The molecule has 0 spiro atoms. The van der Waals surface area contributed by atoms with Crippen molar-refractivity contribution < 1.29 is 86.2 Å². The summed E-state index contributed by atoms with van der Waals surface area (Å²) in [6.45, 7) is 6.33. The van der Waals surface area contributed by atoms with Crippen LogP contribution in [0.4, 0.5) is 0 Å². The zero-order valence-corrected chi connectivity index (χ0v) is 39.2. The Labute approximate surface area is 395 Å². The molecule has 0 fully saturated rings. The molecule has 0 atom stereocenters. The quantitative estimate of drug-likeness (QED) is 0.0298. The second-order valence-electron chi connectivity index (χ2n) is 15.0. The minimum atomic E-state index is -1.13. The molecule has 0 saturated heterocycles. The average molecular weight is 951 g/mol. The third kappa shape index (κ3) is 24.4. The summed E-state index contributed by atoms with van der Waals surface area (Å²) in [5.41, 5.74) is 0.975. The molecule has 18 heteroatoms. The lowest BCUT2D eigenvalue weighted by atomic mass is 10.0. The maximum Gasteiger partial charge on any atom is 0.341 e. The minimum absolute atomic E-state index is 0.0224. The molecule has 0 bridgehead atoms. The van der Waals surface area contributed by atoms with Gasteiger partial charge in [-0.2, -0.15) is 0 Å². The van der Waals surface area contributed by atoms with Gasteiger partial charge in [0.2, 0.25) is 0 Å². The van der Waals surface area contributed by atoms with E-state index in [-0.39, 0.29) is 79.2 Å². The lowest BCUT2D eigenvalue weighted by Crippen LogP contribution is -2.14. The number of carboxylic acids is 1. The van der Waals surface area contributed by atoms with Gasteiger partial charge in [0.1, 0.15) is 47.2 Å². The van der Waals surface area contributed by atoms with E-state index in [0.717, 1.165) is 19.3 Å². The SMILES string of the molecule is CC(=O)Oc1ccccc1C(=O)OCCCCCC(=O)OCCOC(=O)CCCCCOC(=O)c1ccccc1OC(C)=O.CCCOC(=O)CCCCCc1cccc(C(=O)O)c1OC(C)=O. The lowest BCUT2D eigenvalue weighted by Gasteiger charge is -2.11. The van der Waals surface area contributed by atoms with E-state index in [1.807, 2.05) is 6.92 Å². The molecule has 0 radical (unpaired) electrons. The van der Waals surface area contributed by atoms with Crippen molar-refractivity contribution in [3.8, 4) is 17.2 Å². The van der Waals surface area contributed by atoms with Crippen LogP contribution in [0.3, 0.4) is 0 Å². The third-order valence-electron chi connectivity index (χ3n) is 9.21. The first kappa shape index (κ1) is 57.0. The molecule has 0 heterocycles. The number of carbonyl (C=O) groups is 9. The first-order valence-electron chi connectivity index (χ1n) is 22.5. The van der Waals surface area contributed by atoms with Crippen molar-refractivity contribution in [2.45, 2.75) is 118 Å². The van der Waals surface area contributed by atoms with Crippen LogP contribution in [0.1, 0.15) is 148 Å². The number of rotatable bonds is 29. The fourth-order valence-electron chi connectivity index (χ4n) is 6.06. The molecular weight excluding hydrogens is 889 g/mol. The number of carboxylic acid groups (broad SMARTS) is 1. The fourth-order valence-corrected chi connectivity index (χ4v) is 6.06. The van der Waals surface area contributed by atoms with Crippen LogP contribution in [-0.2, 0) is 58.9 Å². The Bertz CT molecular complexity index is 2030. The van der Waals surface area contributed by atoms with Crippen LogP contribution in [0.15, 0.2) is 66.7 Å². The number of para-hydroxylation sites is 3. The maximum absolute atomic E-state index is 12.2. The van der Waals surface area contributed by atoms with Crippen LogP contribution in [-0.4, -0.2) is 91.9 Å². The minimum Gasteiger partial charge on any atom is -0.478 e. The van der Waals surface area contributed by atoms with Gasteiger partial charge in [0.25, 0.3) is 0 Å². The molecule has 3 aromatic carbocycles. The zero-order chi connectivity index (χ0) is 50.1. The predicted molar refractivity (Wildman–Crippen MR) is 243 cm³/mol. The topological polar surface area (TPSA) is 248 Å². The van der Waals surface area contributed by atoms with Gasteiger partial charge < -0.3 is 43.0 Å². The van der Waals surface area contributed by atoms with Crippen molar-refractivity contribution in [2.75, 3.05) is 33.0 Å². The standard InChI is InChI=1S/C32H38O12.C18H24O6/c1-23(33)43-27-15-9-7-13-25(27)31(37)41-19-11-3-5-17-29(35)39-21-22-40-30(36)18-6-4-12-20-42-32(38)26-14-8-10-16-28(26)44-24(2)34;1-3-12-23-16(20)11-6-4-5-8-14-9-7-10-15(18(21)22)17(14)24-13(2)19/h7-10,13-16H,3-6,11-12,17-22H2,1-2H3;7,9-10H,3-6,8,11-12H2,1-2H3,(H,21,22). The molecule has 1 N–H and O–H groups in total.